The minimum absolute atomic E-state index is 0.389. The third-order valence-electron chi connectivity index (χ3n) is 3.73. The second-order valence-corrected chi connectivity index (χ2v) is 5.06. The lowest BCUT2D eigenvalue weighted by molar-refractivity contribution is -0.129. The van der Waals surface area contributed by atoms with Gasteiger partial charge in [-0.3, -0.25) is 9.46 Å². The lowest BCUT2D eigenvalue weighted by Crippen LogP contribution is -2.46. The maximum absolute atomic E-state index is 11.7. The zero-order valence-electron chi connectivity index (χ0n) is 8.20. The van der Waals surface area contributed by atoms with Crippen LogP contribution in [0, 0.1) is 11.8 Å². The number of carbonyl (C=O) groups excluding carboxylic acids is 1. The Kier molecular flexibility index (Phi) is 2.71. The van der Waals surface area contributed by atoms with Crippen LogP contribution in [0.1, 0.15) is 32.6 Å². The maximum Gasteiger partial charge on any atom is 0.136 e. The van der Waals surface area contributed by atoms with Crippen LogP contribution in [0.4, 0.5) is 0 Å². The lowest BCUT2D eigenvalue weighted by atomic mass is 9.71. The molecule has 0 radical (unpaired) electrons. The van der Waals surface area contributed by atoms with E-state index in [1.807, 2.05) is 0 Å². The largest absolute Gasteiger partial charge is 0.299 e. The normalized spacial score (nSPS) is 41.7. The lowest BCUT2D eigenvalue weighted by Gasteiger charge is -2.43. The second kappa shape index (κ2) is 3.67. The fourth-order valence-electron chi connectivity index (χ4n) is 2.83. The first-order valence-electron chi connectivity index (χ1n) is 5.24. The highest BCUT2D eigenvalue weighted by atomic mass is 31.0. The summed E-state index contributed by atoms with van der Waals surface area (Å²) in [5.41, 5.74) is 0. The molecule has 0 bridgehead atoms. The van der Waals surface area contributed by atoms with Gasteiger partial charge >= 0.3 is 0 Å². The summed E-state index contributed by atoms with van der Waals surface area (Å²) in [5, 5.41) is 0. The third-order valence-corrected chi connectivity index (χ3v) is 4.46. The molecule has 0 spiro atoms. The second-order valence-electron chi connectivity index (χ2n) is 4.40. The third kappa shape index (κ3) is 1.67. The molecular formula is C10H18NOP. The van der Waals surface area contributed by atoms with Gasteiger partial charge in [0.2, 0.25) is 0 Å². The highest BCUT2D eigenvalue weighted by Gasteiger charge is 2.39. The smallest absolute Gasteiger partial charge is 0.136 e. The molecule has 0 amide bonds. The number of carbonyl (C=O) groups is 1. The molecule has 1 aliphatic carbocycles. The van der Waals surface area contributed by atoms with Gasteiger partial charge < -0.3 is 0 Å². The van der Waals surface area contributed by atoms with Gasteiger partial charge in [0.15, 0.2) is 0 Å². The molecule has 2 rings (SSSR count). The molecule has 0 N–H and O–H groups in total. The average molecular weight is 199 g/mol. The molecule has 1 saturated carbocycles. The Bertz CT molecular complexity index is 219. The predicted octanol–water partition coefficient (Wildman–Crippen LogP) is 1.86. The van der Waals surface area contributed by atoms with E-state index < -0.39 is 0 Å². The monoisotopic (exact) mass is 199 g/mol. The van der Waals surface area contributed by atoms with Crippen LogP contribution in [-0.4, -0.2) is 23.0 Å². The van der Waals surface area contributed by atoms with Crippen molar-refractivity contribution in [2.45, 2.75) is 38.6 Å². The van der Waals surface area contributed by atoms with Crippen LogP contribution in [0.15, 0.2) is 0 Å². The van der Waals surface area contributed by atoms with Gasteiger partial charge in [0.05, 0.1) is 0 Å². The molecule has 1 aliphatic heterocycles. The number of ketones is 1. The molecule has 0 aromatic rings. The standard InChI is InChI=1S/C10H18NOP/c1-7-8-3-2-4-10(12)9(8)5-6-11(7)13/h7-9H,2-6,13H2,1H3. The van der Waals surface area contributed by atoms with Gasteiger partial charge in [-0.05, 0) is 32.1 Å². The molecule has 1 heterocycles. The Hall–Kier alpha value is 0.0600. The number of hydrogen-bond acceptors (Lipinski definition) is 2. The Morgan fingerprint density at radius 2 is 2.23 bits per heavy atom. The summed E-state index contributed by atoms with van der Waals surface area (Å²) < 4.78 is 2.32. The van der Waals surface area contributed by atoms with Gasteiger partial charge in [0.1, 0.15) is 5.78 Å². The van der Waals surface area contributed by atoms with Crippen molar-refractivity contribution in [1.29, 1.82) is 0 Å². The maximum atomic E-state index is 11.7. The van der Waals surface area contributed by atoms with Crippen LogP contribution in [0.2, 0.25) is 0 Å². The van der Waals surface area contributed by atoms with Crippen LogP contribution < -0.4 is 0 Å². The molecule has 74 valence electrons. The van der Waals surface area contributed by atoms with E-state index in [-0.39, 0.29) is 0 Å². The van der Waals surface area contributed by atoms with Gasteiger partial charge in [-0.15, -0.1) is 0 Å². The molecule has 2 nitrogen and oxygen atoms in total. The van der Waals surface area contributed by atoms with Crippen molar-refractivity contribution >= 4 is 15.2 Å². The van der Waals surface area contributed by atoms with Crippen LogP contribution >= 0.6 is 9.39 Å². The van der Waals surface area contributed by atoms with Crippen LogP contribution in [0.25, 0.3) is 0 Å². The number of Topliss-reactive ketones (excluding diaryl/α,β-unsaturated/α-hetero) is 1. The Morgan fingerprint density at radius 3 is 3.00 bits per heavy atom. The summed E-state index contributed by atoms with van der Waals surface area (Å²) >= 11 is 0. The first kappa shape index (κ1) is 9.61. The van der Waals surface area contributed by atoms with Crippen molar-refractivity contribution in [1.82, 2.24) is 4.67 Å². The number of fused-ring (bicyclic) bond motifs is 1. The van der Waals surface area contributed by atoms with E-state index in [0.717, 1.165) is 25.8 Å². The van der Waals surface area contributed by atoms with E-state index in [9.17, 15) is 4.79 Å². The Labute approximate surface area is 82.3 Å². The van der Waals surface area contributed by atoms with Crippen LogP contribution in [0.3, 0.4) is 0 Å². The summed E-state index contributed by atoms with van der Waals surface area (Å²) in [5.74, 6) is 1.55. The van der Waals surface area contributed by atoms with Crippen LogP contribution in [-0.2, 0) is 4.79 Å². The number of hydrogen-bond donors (Lipinski definition) is 0. The molecule has 13 heavy (non-hydrogen) atoms. The van der Waals surface area contributed by atoms with Gasteiger partial charge in [-0.25, -0.2) is 0 Å². The first-order valence-corrected chi connectivity index (χ1v) is 5.76. The molecule has 0 aromatic heterocycles. The SMILES string of the molecule is CC1C2CCCC(=O)C2CCN1P. The molecule has 1 saturated heterocycles. The summed E-state index contributed by atoms with van der Waals surface area (Å²) in [7, 11) is 2.79. The summed E-state index contributed by atoms with van der Waals surface area (Å²) in [6.45, 7) is 3.32. The van der Waals surface area contributed by atoms with E-state index in [0.29, 0.717) is 23.7 Å². The van der Waals surface area contributed by atoms with Crippen molar-refractivity contribution in [3.8, 4) is 0 Å². The molecule has 2 fully saturated rings. The highest BCUT2D eigenvalue weighted by Crippen LogP contribution is 2.38. The van der Waals surface area contributed by atoms with E-state index in [2.05, 4.69) is 21.0 Å². The van der Waals surface area contributed by atoms with Crippen molar-refractivity contribution < 1.29 is 4.79 Å². The topological polar surface area (TPSA) is 20.3 Å². The van der Waals surface area contributed by atoms with Gasteiger partial charge in [-0.1, -0.05) is 9.39 Å². The molecule has 2 aliphatic rings. The summed E-state index contributed by atoms with van der Waals surface area (Å²) in [4.78, 5) is 11.7. The van der Waals surface area contributed by atoms with Gasteiger partial charge in [-0.2, -0.15) is 0 Å². The number of nitrogens with zero attached hydrogens (tertiary/aromatic N) is 1. The van der Waals surface area contributed by atoms with Crippen LogP contribution in [0.5, 0.6) is 0 Å². The van der Waals surface area contributed by atoms with E-state index in [4.69, 9.17) is 0 Å². The summed E-state index contributed by atoms with van der Waals surface area (Å²) in [6.07, 6.45) is 4.29. The highest BCUT2D eigenvalue weighted by molar-refractivity contribution is 7.13. The van der Waals surface area contributed by atoms with E-state index in [1.54, 1.807) is 0 Å². The minimum atomic E-state index is 0.389. The quantitative estimate of drug-likeness (QED) is 0.555. The van der Waals surface area contributed by atoms with Crippen molar-refractivity contribution in [2.75, 3.05) is 6.54 Å². The summed E-state index contributed by atoms with van der Waals surface area (Å²) in [6, 6.07) is 0.577. The van der Waals surface area contributed by atoms with E-state index in [1.165, 1.54) is 6.42 Å². The average Bonchev–Trinajstić information content (AvgIpc) is 2.12. The molecule has 3 heteroatoms. The Morgan fingerprint density at radius 1 is 1.46 bits per heavy atom. The minimum Gasteiger partial charge on any atom is -0.299 e. The predicted molar refractivity (Wildman–Crippen MR) is 56.3 cm³/mol. The zero-order chi connectivity index (χ0) is 9.42. The fraction of sp³-hybridized carbons (Fsp3) is 0.900. The fourth-order valence-corrected chi connectivity index (χ4v) is 3.20. The first-order chi connectivity index (χ1) is 6.20. The van der Waals surface area contributed by atoms with E-state index >= 15 is 0 Å². The van der Waals surface area contributed by atoms with Crippen molar-refractivity contribution in [2.24, 2.45) is 11.8 Å². The van der Waals surface area contributed by atoms with Crippen molar-refractivity contribution in [3.63, 3.8) is 0 Å². The number of piperidine rings is 1. The molecule has 4 unspecified atom stereocenters. The van der Waals surface area contributed by atoms with Crippen molar-refractivity contribution in [3.05, 3.63) is 0 Å². The number of rotatable bonds is 0. The van der Waals surface area contributed by atoms with Gasteiger partial charge in [0, 0.05) is 24.9 Å². The van der Waals surface area contributed by atoms with Gasteiger partial charge in [0.25, 0.3) is 0 Å². The molecule has 4 atom stereocenters. The molecular weight excluding hydrogens is 181 g/mol. The zero-order valence-corrected chi connectivity index (χ0v) is 9.36. The molecule has 0 aromatic carbocycles. The Balaban J connectivity index is 2.12.